The molecule has 1 heterocycles. The van der Waals surface area contributed by atoms with E-state index in [9.17, 15) is 4.79 Å². The van der Waals surface area contributed by atoms with Gasteiger partial charge in [-0.25, -0.2) is 4.98 Å². The third-order valence-electron chi connectivity index (χ3n) is 4.33. The number of carbonyl (C=O) groups is 1. The SMILES string of the molecule is COc1cccc(C(=O)Nc2ccc(Cl)c(-c3nc4cc(C)ccc4o3)c2)c1. The first-order valence-corrected chi connectivity index (χ1v) is 9.04. The van der Waals surface area contributed by atoms with Crippen molar-refractivity contribution in [2.75, 3.05) is 12.4 Å². The van der Waals surface area contributed by atoms with Crippen LogP contribution >= 0.6 is 11.6 Å². The number of aryl methyl sites for hydroxylation is 1. The summed E-state index contributed by atoms with van der Waals surface area (Å²) in [6, 6.07) is 17.9. The van der Waals surface area contributed by atoms with Gasteiger partial charge in [0.25, 0.3) is 5.91 Å². The predicted octanol–water partition coefficient (Wildman–Crippen LogP) is 5.72. The molecular formula is C22H17ClN2O3. The second-order valence-corrected chi connectivity index (χ2v) is 6.78. The van der Waals surface area contributed by atoms with Gasteiger partial charge in [-0.1, -0.05) is 23.7 Å². The Morgan fingerprint density at radius 1 is 1.11 bits per heavy atom. The van der Waals surface area contributed by atoms with Gasteiger partial charge in [0.2, 0.25) is 5.89 Å². The molecule has 0 atom stereocenters. The number of hydrogen-bond donors (Lipinski definition) is 1. The summed E-state index contributed by atoms with van der Waals surface area (Å²) in [5, 5.41) is 3.36. The van der Waals surface area contributed by atoms with Crippen molar-refractivity contribution in [3.63, 3.8) is 0 Å². The molecule has 0 radical (unpaired) electrons. The van der Waals surface area contributed by atoms with Crippen molar-refractivity contribution in [3.05, 3.63) is 76.8 Å². The molecule has 28 heavy (non-hydrogen) atoms. The number of nitrogens with zero attached hydrogens (tertiary/aromatic N) is 1. The maximum atomic E-state index is 12.6. The molecule has 0 bridgehead atoms. The van der Waals surface area contributed by atoms with Crippen molar-refractivity contribution in [2.45, 2.75) is 6.92 Å². The molecule has 0 aliphatic heterocycles. The fourth-order valence-corrected chi connectivity index (χ4v) is 3.09. The third-order valence-corrected chi connectivity index (χ3v) is 4.66. The normalized spacial score (nSPS) is 10.8. The molecule has 4 aromatic rings. The van der Waals surface area contributed by atoms with Gasteiger partial charge in [0, 0.05) is 11.3 Å². The molecule has 0 unspecified atom stereocenters. The monoisotopic (exact) mass is 392 g/mol. The van der Waals surface area contributed by atoms with Crippen molar-refractivity contribution in [3.8, 4) is 17.2 Å². The number of aromatic nitrogens is 1. The minimum absolute atomic E-state index is 0.250. The van der Waals surface area contributed by atoms with Crippen LogP contribution < -0.4 is 10.1 Å². The predicted molar refractivity (Wildman–Crippen MR) is 110 cm³/mol. The Morgan fingerprint density at radius 2 is 1.96 bits per heavy atom. The summed E-state index contributed by atoms with van der Waals surface area (Å²) >= 11 is 6.35. The van der Waals surface area contributed by atoms with Crippen LogP contribution in [0.2, 0.25) is 5.02 Å². The lowest BCUT2D eigenvalue weighted by Gasteiger charge is -2.08. The lowest BCUT2D eigenvalue weighted by molar-refractivity contribution is 0.102. The number of amides is 1. The number of hydrogen-bond acceptors (Lipinski definition) is 4. The number of fused-ring (bicyclic) bond motifs is 1. The first-order chi connectivity index (χ1) is 13.5. The summed E-state index contributed by atoms with van der Waals surface area (Å²) in [6.45, 7) is 2.00. The average Bonchev–Trinajstić information content (AvgIpc) is 3.12. The highest BCUT2D eigenvalue weighted by Gasteiger charge is 2.14. The van der Waals surface area contributed by atoms with Crippen molar-refractivity contribution in [1.82, 2.24) is 4.98 Å². The number of methoxy groups -OCH3 is 1. The molecule has 0 aliphatic rings. The largest absolute Gasteiger partial charge is 0.497 e. The quantitative estimate of drug-likeness (QED) is 0.482. The summed E-state index contributed by atoms with van der Waals surface area (Å²) in [6.07, 6.45) is 0. The highest BCUT2D eigenvalue weighted by Crippen LogP contribution is 2.32. The summed E-state index contributed by atoms with van der Waals surface area (Å²) < 4.78 is 11.0. The Kier molecular flexibility index (Phi) is 4.75. The van der Waals surface area contributed by atoms with Crippen LogP contribution in [0.15, 0.2) is 65.1 Å². The molecule has 4 rings (SSSR count). The van der Waals surface area contributed by atoms with Crippen molar-refractivity contribution in [1.29, 1.82) is 0 Å². The van der Waals surface area contributed by atoms with E-state index in [2.05, 4.69) is 10.3 Å². The Morgan fingerprint density at radius 3 is 2.79 bits per heavy atom. The molecule has 6 heteroatoms. The molecule has 0 spiro atoms. The van der Waals surface area contributed by atoms with E-state index in [-0.39, 0.29) is 5.91 Å². The molecule has 3 aromatic carbocycles. The summed E-state index contributed by atoms with van der Waals surface area (Å²) in [5.74, 6) is 0.773. The van der Waals surface area contributed by atoms with Crippen LogP contribution in [0.4, 0.5) is 5.69 Å². The molecule has 0 aliphatic carbocycles. The van der Waals surface area contributed by atoms with Crippen LogP contribution in [0.1, 0.15) is 15.9 Å². The Hall–Kier alpha value is -3.31. The van der Waals surface area contributed by atoms with Crippen LogP contribution in [-0.2, 0) is 0 Å². The minimum atomic E-state index is -0.250. The topological polar surface area (TPSA) is 64.4 Å². The van der Waals surface area contributed by atoms with Crippen LogP contribution in [0.5, 0.6) is 5.75 Å². The van der Waals surface area contributed by atoms with Gasteiger partial charge in [0.15, 0.2) is 5.58 Å². The number of oxazole rings is 1. The molecule has 1 aromatic heterocycles. The minimum Gasteiger partial charge on any atom is -0.497 e. The molecule has 140 valence electrons. The Labute approximate surface area is 166 Å². The van der Waals surface area contributed by atoms with Crippen molar-refractivity contribution < 1.29 is 13.9 Å². The maximum absolute atomic E-state index is 12.6. The molecule has 5 nitrogen and oxygen atoms in total. The first-order valence-electron chi connectivity index (χ1n) is 8.66. The van der Waals surface area contributed by atoms with Gasteiger partial charge in [-0.15, -0.1) is 0 Å². The maximum Gasteiger partial charge on any atom is 0.255 e. The number of carbonyl (C=O) groups excluding carboxylic acids is 1. The lowest BCUT2D eigenvalue weighted by atomic mass is 10.1. The van der Waals surface area contributed by atoms with Crippen LogP contribution in [0, 0.1) is 6.92 Å². The van der Waals surface area contributed by atoms with Gasteiger partial charge < -0.3 is 14.5 Å². The second-order valence-electron chi connectivity index (χ2n) is 6.37. The molecule has 1 amide bonds. The van der Waals surface area contributed by atoms with Gasteiger partial charge in [-0.2, -0.15) is 0 Å². The standard InChI is InChI=1S/C22H17ClN2O3/c1-13-6-9-20-19(10-13)25-22(28-20)17-12-15(7-8-18(17)23)24-21(26)14-4-3-5-16(11-14)27-2/h3-12H,1-2H3,(H,24,26). The second kappa shape index (κ2) is 7.37. The van der Waals surface area contributed by atoms with Gasteiger partial charge >= 0.3 is 0 Å². The summed E-state index contributed by atoms with van der Waals surface area (Å²) in [5.41, 5.74) is 4.23. The highest BCUT2D eigenvalue weighted by molar-refractivity contribution is 6.33. The number of benzene rings is 3. The lowest BCUT2D eigenvalue weighted by Crippen LogP contribution is -2.11. The Balaban J connectivity index is 1.65. The molecule has 0 saturated carbocycles. The zero-order valence-electron chi connectivity index (χ0n) is 15.3. The van der Waals surface area contributed by atoms with Crippen molar-refractivity contribution >= 4 is 34.3 Å². The van der Waals surface area contributed by atoms with E-state index in [0.717, 1.165) is 11.1 Å². The van der Waals surface area contributed by atoms with E-state index in [1.807, 2.05) is 25.1 Å². The number of nitrogens with one attached hydrogen (secondary N) is 1. The van der Waals surface area contributed by atoms with E-state index in [4.69, 9.17) is 20.8 Å². The van der Waals surface area contributed by atoms with E-state index in [0.29, 0.717) is 39.1 Å². The van der Waals surface area contributed by atoms with Crippen LogP contribution in [0.3, 0.4) is 0 Å². The Bertz CT molecular complexity index is 1180. The first kappa shape index (κ1) is 18.1. The number of ether oxygens (including phenoxy) is 1. The highest BCUT2D eigenvalue weighted by atomic mass is 35.5. The van der Waals surface area contributed by atoms with E-state index < -0.39 is 0 Å². The van der Waals surface area contributed by atoms with E-state index in [1.165, 1.54) is 0 Å². The van der Waals surface area contributed by atoms with Crippen molar-refractivity contribution in [2.24, 2.45) is 0 Å². The third kappa shape index (κ3) is 3.57. The van der Waals surface area contributed by atoms with Gasteiger partial charge in [0.05, 0.1) is 17.7 Å². The summed E-state index contributed by atoms with van der Waals surface area (Å²) in [4.78, 5) is 17.1. The summed E-state index contributed by atoms with van der Waals surface area (Å²) in [7, 11) is 1.56. The fraction of sp³-hybridized carbons (Fsp3) is 0.0909. The number of anilines is 1. The zero-order valence-corrected chi connectivity index (χ0v) is 16.1. The number of halogens is 1. The van der Waals surface area contributed by atoms with E-state index in [1.54, 1.807) is 49.6 Å². The van der Waals surface area contributed by atoms with Crippen LogP contribution in [-0.4, -0.2) is 18.0 Å². The number of rotatable bonds is 4. The molecule has 0 saturated heterocycles. The zero-order chi connectivity index (χ0) is 19.7. The average molecular weight is 393 g/mol. The molecule has 0 fully saturated rings. The van der Waals surface area contributed by atoms with E-state index >= 15 is 0 Å². The van der Waals surface area contributed by atoms with Gasteiger partial charge in [0.1, 0.15) is 11.3 Å². The fourth-order valence-electron chi connectivity index (χ4n) is 2.89. The molecular weight excluding hydrogens is 376 g/mol. The smallest absolute Gasteiger partial charge is 0.255 e. The van der Waals surface area contributed by atoms with Gasteiger partial charge in [-0.05, 0) is 61.0 Å². The van der Waals surface area contributed by atoms with Crippen LogP contribution in [0.25, 0.3) is 22.6 Å². The molecule has 1 N–H and O–H groups in total. The van der Waals surface area contributed by atoms with Gasteiger partial charge in [-0.3, -0.25) is 4.79 Å².